The van der Waals surface area contributed by atoms with E-state index in [1.54, 1.807) is 12.4 Å². The van der Waals surface area contributed by atoms with Crippen molar-refractivity contribution in [2.75, 3.05) is 11.9 Å². The molecule has 1 aliphatic rings. The van der Waals surface area contributed by atoms with E-state index in [0.717, 1.165) is 37.1 Å². The number of nitrogens with zero attached hydrogens (tertiary/aromatic N) is 3. The van der Waals surface area contributed by atoms with Crippen LogP contribution in [0.4, 0.5) is 5.95 Å². The minimum atomic E-state index is -0.197. The quantitative estimate of drug-likeness (QED) is 0.601. The van der Waals surface area contributed by atoms with Gasteiger partial charge in [-0.15, -0.1) is 0 Å². The van der Waals surface area contributed by atoms with E-state index in [1.165, 1.54) is 24.1 Å². The molecule has 2 N–H and O–H groups in total. The number of aromatic amines is 1. The molecule has 6 nitrogen and oxygen atoms in total. The van der Waals surface area contributed by atoms with Gasteiger partial charge in [0.2, 0.25) is 5.95 Å². The van der Waals surface area contributed by atoms with Crippen LogP contribution in [-0.4, -0.2) is 26.5 Å². The average molecular weight is 390 g/mol. The Morgan fingerprint density at radius 1 is 1.24 bits per heavy atom. The summed E-state index contributed by atoms with van der Waals surface area (Å²) in [7, 11) is 0. The molecule has 0 aromatic carbocycles. The Labute approximate surface area is 170 Å². The first-order valence-electron chi connectivity index (χ1n) is 10.4. The predicted molar refractivity (Wildman–Crippen MR) is 114 cm³/mol. The van der Waals surface area contributed by atoms with Gasteiger partial charge in [0.25, 0.3) is 5.56 Å². The van der Waals surface area contributed by atoms with E-state index in [1.807, 2.05) is 31.3 Å². The highest BCUT2D eigenvalue weighted by molar-refractivity contribution is 5.28. The van der Waals surface area contributed by atoms with Gasteiger partial charge in [0, 0.05) is 54.4 Å². The molecule has 1 aliphatic carbocycles. The minimum absolute atomic E-state index is 0.197. The first kappa shape index (κ1) is 19.3. The number of H-pyrrole nitrogens is 1. The van der Waals surface area contributed by atoms with Gasteiger partial charge in [-0.3, -0.25) is 14.8 Å². The summed E-state index contributed by atoms with van der Waals surface area (Å²) in [6, 6.07) is 8.18. The topological polar surface area (TPSA) is 83.6 Å². The molecule has 0 bridgehead atoms. The lowest BCUT2D eigenvalue weighted by atomic mass is 9.84. The number of aromatic nitrogens is 4. The Morgan fingerprint density at radius 3 is 3.00 bits per heavy atom. The Morgan fingerprint density at radius 2 is 2.17 bits per heavy atom. The zero-order valence-corrected chi connectivity index (χ0v) is 16.8. The molecule has 0 radical (unpaired) electrons. The molecule has 3 aromatic rings. The van der Waals surface area contributed by atoms with Crippen LogP contribution in [0.15, 0.2) is 47.7 Å². The van der Waals surface area contributed by atoms with E-state index in [9.17, 15) is 4.79 Å². The zero-order chi connectivity index (χ0) is 20.1. The van der Waals surface area contributed by atoms with E-state index in [4.69, 9.17) is 0 Å². The maximum atomic E-state index is 12.3. The van der Waals surface area contributed by atoms with Crippen LogP contribution in [0.5, 0.6) is 0 Å². The fourth-order valence-corrected chi connectivity index (χ4v) is 4.00. The number of nitrogens with one attached hydrogen (secondary N) is 2. The van der Waals surface area contributed by atoms with Crippen molar-refractivity contribution < 1.29 is 0 Å². The van der Waals surface area contributed by atoms with Crippen molar-refractivity contribution in [3.8, 4) is 0 Å². The van der Waals surface area contributed by atoms with Crippen LogP contribution in [0, 0.1) is 6.92 Å². The van der Waals surface area contributed by atoms with Crippen LogP contribution in [0.2, 0.25) is 0 Å². The summed E-state index contributed by atoms with van der Waals surface area (Å²) in [5, 5.41) is 3.25. The van der Waals surface area contributed by atoms with E-state index in [-0.39, 0.29) is 5.56 Å². The first-order valence-corrected chi connectivity index (χ1v) is 10.4. The van der Waals surface area contributed by atoms with Crippen molar-refractivity contribution >= 4 is 5.95 Å². The Hall–Kier alpha value is -3.02. The van der Waals surface area contributed by atoms with Crippen molar-refractivity contribution in [1.29, 1.82) is 0 Å². The molecule has 6 heteroatoms. The van der Waals surface area contributed by atoms with Crippen LogP contribution in [-0.2, 0) is 12.8 Å². The van der Waals surface area contributed by atoms with Crippen LogP contribution >= 0.6 is 0 Å². The molecular formula is C23H27N5O. The van der Waals surface area contributed by atoms with Gasteiger partial charge in [-0.1, -0.05) is 12.1 Å². The Balaban J connectivity index is 1.29. The number of fused-ring (bicyclic) bond motifs is 1. The summed E-state index contributed by atoms with van der Waals surface area (Å²) in [4.78, 5) is 28.5. The molecule has 1 unspecified atom stereocenters. The third-order valence-corrected chi connectivity index (χ3v) is 5.57. The largest absolute Gasteiger partial charge is 0.356 e. The van der Waals surface area contributed by atoms with E-state index in [2.05, 4.69) is 31.3 Å². The monoisotopic (exact) mass is 389 g/mol. The molecule has 0 fully saturated rings. The summed E-state index contributed by atoms with van der Waals surface area (Å²) in [5.41, 5.74) is 5.10. The molecule has 29 heavy (non-hydrogen) atoms. The Bertz CT molecular complexity index is 1010. The maximum absolute atomic E-state index is 12.3. The predicted octanol–water partition coefficient (Wildman–Crippen LogP) is 3.77. The highest BCUT2D eigenvalue weighted by Gasteiger charge is 2.20. The number of aryl methyl sites for hydroxylation is 2. The van der Waals surface area contributed by atoms with Gasteiger partial charge in [0.15, 0.2) is 0 Å². The van der Waals surface area contributed by atoms with Gasteiger partial charge in [-0.2, -0.15) is 4.98 Å². The molecule has 0 spiro atoms. The SMILES string of the molecule is Cc1ccc(Cc2c[nH]c(NCCCC3CCCc4cccnc43)nc2=O)cn1. The van der Waals surface area contributed by atoms with Gasteiger partial charge in [-0.05, 0) is 62.3 Å². The molecule has 3 heterocycles. The summed E-state index contributed by atoms with van der Waals surface area (Å²) >= 11 is 0. The van der Waals surface area contributed by atoms with Crippen LogP contribution < -0.4 is 10.9 Å². The van der Waals surface area contributed by atoms with E-state index >= 15 is 0 Å². The summed E-state index contributed by atoms with van der Waals surface area (Å²) in [5.74, 6) is 1.07. The molecule has 0 saturated carbocycles. The number of hydrogen-bond donors (Lipinski definition) is 2. The van der Waals surface area contributed by atoms with Crippen molar-refractivity contribution in [2.24, 2.45) is 0 Å². The number of hydrogen-bond acceptors (Lipinski definition) is 5. The average Bonchev–Trinajstić information content (AvgIpc) is 2.74. The van der Waals surface area contributed by atoms with Crippen molar-refractivity contribution in [1.82, 2.24) is 19.9 Å². The summed E-state index contributed by atoms with van der Waals surface area (Å²) < 4.78 is 0. The molecule has 1 atom stereocenters. The third kappa shape index (κ3) is 4.88. The lowest BCUT2D eigenvalue weighted by Crippen LogP contribution is -2.18. The van der Waals surface area contributed by atoms with E-state index in [0.29, 0.717) is 23.9 Å². The maximum Gasteiger partial charge on any atom is 0.277 e. The van der Waals surface area contributed by atoms with Crippen molar-refractivity contribution in [3.05, 3.63) is 81.3 Å². The smallest absolute Gasteiger partial charge is 0.277 e. The first-order chi connectivity index (χ1) is 14.2. The minimum Gasteiger partial charge on any atom is -0.356 e. The highest BCUT2D eigenvalue weighted by atomic mass is 16.1. The van der Waals surface area contributed by atoms with Crippen LogP contribution in [0.1, 0.15) is 59.7 Å². The van der Waals surface area contributed by atoms with Gasteiger partial charge in [-0.25, -0.2) is 0 Å². The second kappa shape index (κ2) is 8.99. The summed E-state index contributed by atoms with van der Waals surface area (Å²) in [6.45, 7) is 2.73. The van der Waals surface area contributed by atoms with Crippen molar-refractivity contribution in [2.45, 2.75) is 51.4 Å². The lowest BCUT2D eigenvalue weighted by Gasteiger charge is -2.24. The normalized spacial score (nSPS) is 15.7. The molecule has 0 amide bonds. The van der Waals surface area contributed by atoms with E-state index < -0.39 is 0 Å². The van der Waals surface area contributed by atoms with Gasteiger partial charge < -0.3 is 10.3 Å². The second-order valence-electron chi connectivity index (χ2n) is 7.77. The van der Waals surface area contributed by atoms with Crippen LogP contribution in [0.3, 0.4) is 0 Å². The Kier molecular flexibility index (Phi) is 5.98. The highest BCUT2D eigenvalue weighted by Crippen LogP contribution is 2.32. The molecule has 150 valence electrons. The van der Waals surface area contributed by atoms with Crippen LogP contribution in [0.25, 0.3) is 0 Å². The lowest BCUT2D eigenvalue weighted by molar-refractivity contribution is 0.497. The summed E-state index contributed by atoms with van der Waals surface area (Å²) in [6.07, 6.45) is 11.7. The number of anilines is 1. The molecular weight excluding hydrogens is 362 g/mol. The molecule has 0 saturated heterocycles. The van der Waals surface area contributed by atoms with Gasteiger partial charge in [0.1, 0.15) is 0 Å². The van der Waals surface area contributed by atoms with Gasteiger partial charge >= 0.3 is 0 Å². The van der Waals surface area contributed by atoms with Gasteiger partial charge in [0.05, 0.1) is 0 Å². The fraction of sp³-hybridized carbons (Fsp3) is 0.391. The van der Waals surface area contributed by atoms with Crippen molar-refractivity contribution in [3.63, 3.8) is 0 Å². The fourth-order valence-electron chi connectivity index (χ4n) is 4.00. The third-order valence-electron chi connectivity index (χ3n) is 5.57. The molecule has 3 aromatic heterocycles. The zero-order valence-electron chi connectivity index (χ0n) is 16.8. The second-order valence-corrected chi connectivity index (χ2v) is 7.77. The number of pyridine rings is 2. The molecule has 0 aliphatic heterocycles. The molecule has 4 rings (SSSR count). The number of rotatable bonds is 7. The standard InChI is InChI=1S/C23H27N5O/c1-16-9-10-17(14-26-16)13-20-15-27-23(28-22(20)29)25-12-4-8-19-6-2-5-18-7-3-11-24-21(18)19/h3,7,9-11,14-15,19H,2,4-6,8,12-13H2,1H3,(H2,25,27,28,29).